The summed E-state index contributed by atoms with van der Waals surface area (Å²) in [5.41, 5.74) is 0.624. The first-order valence-electron chi connectivity index (χ1n) is 7.08. The molecule has 0 fully saturated rings. The van der Waals surface area contributed by atoms with E-state index in [0.29, 0.717) is 23.0 Å². The Bertz CT molecular complexity index is 582. The van der Waals surface area contributed by atoms with Crippen LogP contribution in [0.25, 0.3) is 0 Å². The maximum Gasteiger partial charge on any atom is 0.165 e. The van der Waals surface area contributed by atoms with Gasteiger partial charge in [-0.15, -0.1) is 11.3 Å². The highest BCUT2D eigenvalue weighted by molar-refractivity contribution is 7.09. The van der Waals surface area contributed by atoms with Crippen molar-refractivity contribution in [3.8, 4) is 0 Å². The van der Waals surface area contributed by atoms with Crippen molar-refractivity contribution in [2.75, 3.05) is 13.6 Å². The van der Waals surface area contributed by atoms with Crippen LogP contribution in [0.5, 0.6) is 0 Å². The van der Waals surface area contributed by atoms with Crippen molar-refractivity contribution in [2.45, 2.75) is 25.8 Å². The molecule has 0 aliphatic carbocycles. The van der Waals surface area contributed by atoms with Gasteiger partial charge < -0.3 is 4.90 Å². The minimum absolute atomic E-state index is 0.107. The molecule has 0 N–H and O–H groups in total. The highest BCUT2D eigenvalue weighted by atomic mass is 35.5. The molecule has 2 aromatic rings. The number of nitrogens with zero attached hydrogens (tertiary/aromatic N) is 1. The Morgan fingerprint density at radius 2 is 2.05 bits per heavy atom. The summed E-state index contributed by atoms with van der Waals surface area (Å²) >= 11 is 7.84. The standard InChI is InChI=1S/C17H20ClNOS/c1-13(12-14-6-5-11-21-14)19(2)10-9-17(20)15-7-3-4-8-16(15)18/h3-8,11,13H,9-10,12H2,1-2H3. The first kappa shape index (κ1) is 16.2. The van der Waals surface area contributed by atoms with E-state index in [9.17, 15) is 4.79 Å². The predicted molar refractivity (Wildman–Crippen MR) is 90.5 cm³/mol. The largest absolute Gasteiger partial charge is 0.303 e. The second kappa shape index (κ2) is 7.74. The molecule has 1 atom stereocenters. The molecule has 1 aromatic heterocycles. The number of likely N-dealkylation sites (N-methyl/N-ethyl adjacent to an activating group) is 1. The minimum Gasteiger partial charge on any atom is -0.303 e. The molecule has 112 valence electrons. The van der Waals surface area contributed by atoms with Gasteiger partial charge in [-0.3, -0.25) is 4.79 Å². The highest BCUT2D eigenvalue weighted by Crippen LogP contribution is 2.18. The Hall–Kier alpha value is -1.16. The molecule has 0 saturated carbocycles. The molecule has 0 saturated heterocycles. The van der Waals surface area contributed by atoms with Gasteiger partial charge in [-0.25, -0.2) is 0 Å². The van der Waals surface area contributed by atoms with Gasteiger partial charge in [0, 0.05) is 29.4 Å². The molecule has 1 aromatic carbocycles. The number of hydrogen-bond acceptors (Lipinski definition) is 3. The fraction of sp³-hybridized carbons (Fsp3) is 0.353. The van der Waals surface area contributed by atoms with Gasteiger partial charge in [0.25, 0.3) is 0 Å². The number of benzene rings is 1. The summed E-state index contributed by atoms with van der Waals surface area (Å²) in [7, 11) is 2.07. The lowest BCUT2D eigenvalue weighted by Gasteiger charge is -2.24. The van der Waals surface area contributed by atoms with Gasteiger partial charge in [0.2, 0.25) is 0 Å². The van der Waals surface area contributed by atoms with Crippen LogP contribution in [0.2, 0.25) is 5.02 Å². The van der Waals surface area contributed by atoms with Crippen LogP contribution < -0.4 is 0 Å². The molecule has 4 heteroatoms. The van der Waals surface area contributed by atoms with E-state index in [0.717, 1.165) is 13.0 Å². The quantitative estimate of drug-likeness (QED) is 0.698. The number of halogens is 1. The molecule has 2 rings (SSSR count). The van der Waals surface area contributed by atoms with E-state index < -0.39 is 0 Å². The second-order valence-corrected chi connectivity index (χ2v) is 6.71. The van der Waals surface area contributed by atoms with Crippen molar-refractivity contribution < 1.29 is 4.79 Å². The predicted octanol–water partition coefficient (Wildman–Crippen LogP) is 4.54. The summed E-state index contributed by atoms with van der Waals surface area (Å²) in [6.07, 6.45) is 1.52. The third-order valence-corrected chi connectivity index (χ3v) is 4.92. The van der Waals surface area contributed by atoms with E-state index in [1.54, 1.807) is 23.5 Å². The van der Waals surface area contributed by atoms with Gasteiger partial charge in [-0.05, 0) is 44.0 Å². The number of carbonyl (C=O) groups is 1. The number of thiophene rings is 1. The molecule has 0 bridgehead atoms. The van der Waals surface area contributed by atoms with Gasteiger partial charge in [0.1, 0.15) is 0 Å². The molecule has 1 unspecified atom stereocenters. The molecule has 0 aliphatic rings. The molecule has 1 heterocycles. The summed E-state index contributed by atoms with van der Waals surface area (Å²) in [6, 6.07) is 11.9. The molecule has 2 nitrogen and oxygen atoms in total. The highest BCUT2D eigenvalue weighted by Gasteiger charge is 2.14. The zero-order chi connectivity index (χ0) is 15.2. The van der Waals surface area contributed by atoms with Crippen LogP contribution in [0.4, 0.5) is 0 Å². The fourth-order valence-corrected chi connectivity index (χ4v) is 3.26. The molecule has 0 radical (unpaired) electrons. The normalized spacial score (nSPS) is 12.6. The van der Waals surface area contributed by atoms with Gasteiger partial charge >= 0.3 is 0 Å². The van der Waals surface area contributed by atoms with Crippen LogP contribution in [0.3, 0.4) is 0 Å². The maximum atomic E-state index is 12.2. The first-order valence-corrected chi connectivity index (χ1v) is 8.34. The summed E-state index contributed by atoms with van der Waals surface area (Å²) in [6.45, 7) is 2.94. The van der Waals surface area contributed by atoms with Crippen LogP contribution in [0, 0.1) is 0 Å². The SMILES string of the molecule is CC(Cc1cccs1)N(C)CCC(=O)c1ccccc1Cl. The topological polar surface area (TPSA) is 20.3 Å². The number of hydrogen-bond donors (Lipinski definition) is 0. The van der Waals surface area contributed by atoms with E-state index in [1.165, 1.54) is 4.88 Å². The van der Waals surface area contributed by atoms with Crippen LogP contribution in [-0.4, -0.2) is 30.3 Å². The third-order valence-electron chi connectivity index (χ3n) is 3.69. The first-order chi connectivity index (χ1) is 10.1. The Morgan fingerprint density at radius 1 is 1.29 bits per heavy atom. The van der Waals surface area contributed by atoms with E-state index >= 15 is 0 Å². The molecular weight excluding hydrogens is 302 g/mol. The van der Waals surface area contributed by atoms with Crippen molar-refractivity contribution in [1.29, 1.82) is 0 Å². The monoisotopic (exact) mass is 321 g/mol. The van der Waals surface area contributed by atoms with E-state index in [-0.39, 0.29) is 5.78 Å². The van der Waals surface area contributed by atoms with Crippen LogP contribution in [0.15, 0.2) is 41.8 Å². The summed E-state index contributed by atoms with van der Waals surface area (Å²) < 4.78 is 0. The van der Waals surface area contributed by atoms with Gasteiger partial charge in [0.15, 0.2) is 5.78 Å². The fourth-order valence-electron chi connectivity index (χ4n) is 2.20. The smallest absolute Gasteiger partial charge is 0.165 e. The zero-order valence-corrected chi connectivity index (χ0v) is 14.0. The van der Waals surface area contributed by atoms with Gasteiger partial charge in [0.05, 0.1) is 5.02 Å². The molecule has 0 spiro atoms. The lowest BCUT2D eigenvalue weighted by molar-refractivity contribution is 0.0962. The number of Topliss-reactive ketones (excluding diaryl/α,β-unsaturated/α-hetero) is 1. The summed E-state index contributed by atoms with van der Waals surface area (Å²) in [5, 5.41) is 2.64. The number of ketones is 1. The van der Waals surface area contributed by atoms with Crippen molar-refractivity contribution in [3.05, 3.63) is 57.2 Å². The van der Waals surface area contributed by atoms with Crippen LogP contribution in [0.1, 0.15) is 28.6 Å². The summed E-state index contributed by atoms with van der Waals surface area (Å²) in [5.74, 6) is 0.107. The van der Waals surface area contributed by atoms with Crippen molar-refractivity contribution in [2.24, 2.45) is 0 Å². The number of rotatable bonds is 7. The number of carbonyl (C=O) groups excluding carboxylic acids is 1. The Labute approximate surface area is 135 Å². The van der Waals surface area contributed by atoms with Crippen molar-refractivity contribution in [1.82, 2.24) is 4.90 Å². The average Bonchev–Trinajstić information content (AvgIpc) is 2.97. The lowest BCUT2D eigenvalue weighted by Crippen LogP contribution is -2.32. The Balaban J connectivity index is 1.84. The second-order valence-electron chi connectivity index (χ2n) is 5.27. The average molecular weight is 322 g/mol. The van der Waals surface area contributed by atoms with Gasteiger partial charge in [-0.1, -0.05) is 29.8 Å². The molecule has 0 aliphatic heterocycles. The Morgan fingerprint density at radius 3 is 2.71 bits per heavy atom. The molecule has 21 heavy (non-hydrogen) atoms. The van der Waals surface area contributed by atoms with Crippen LogP contribution in [-0.2, 0) is 6.42 Å². The van der Waals surface area contributed by atoms with E-state index in [1.807, 2.05) is 12.1 Å². The summed E-state index contributed by atoms with van der Waals surface area (Å²) in [4.78, 5) is 15.8. The van der Waals surface area contributed by atoms with Crippen molar-refractivity contribution in [3.63, 3.8) is 0 Å². The maximum absolute atomic E-state index is 12.2. The lowest BCUT2D eigenvalue weighted by atomic mass is 10.1. The van der Waals surface area contributed by atoms with E-state index in [4.69, 9.17) is 11.6 Å². The van der Waals surface area contributed by atoms with Crippen molar-refractivity contribution >= 4 is 28.7 Å². The van der Waals surface area contributed by atoms with Crippen LogP contribution >= 0.6 is 22.9 Å². The zero-order valence-electron chi connectivity index (χ0n) is 12.4. The Kier molecular flexibility index (Phi) is 5.97. The van der Waals surface area contributed by atoms with E-state index in [2.05, 4.69) is 36.4 Å². The minimum atomic E-state index is 0.107. The third kappa shape index (κ3) is 4.67. The van der Waals surface area contributed by atoms with Gasteiger partial charge in [-0.2, -0.15) is 0 Å². The molecule has 0 amide bonds. The molecular formula is C17H20ClNOS.